The Balaban J connectivity index is 0.00000242. The number of halogens is 1. The molecule has 0 atom stereocenters. The Hall–Kier alpha value is -0.790. The second-order valence-corrected chi connectivity index (χ2v) is 6.58. The predicted molar refractivity (Wildman–Crippen MR) is 103 cm³/mol. The normalized spacial score (nSPS) is 16.8. The number of aromatic amines is 1. The molecule has 1 aromatic rings. The van der Waals surface area contributed by atoms with Gasteiger partial charge < -0.3 is 10.6 Å². The highest BCUT2D eigenvalue weighted by Crippen LogP contribution is 2.45. The number of H-pyrrole nitrogens is 1. The predicted octanol–water partition coefficient (Wildman–Crippen LogP) is 3.30. The van der Waals surface area contributed by atoms with Gasteiger partial charge in [-0.3, -0.25) is 5.10 Å². The van der Waals surface area contributed by atoms with Gasteiger partial charge in [-0.2, -0.15) is 5.10 Å². The Morgan fingerprint density at radius 2 is 2.18 bits per heavy atom. The zero-order valence-electron chi connectivity index (χ0n) is 14.0. The van der Waals surface area contributed by atoms with Crippen molar-refractivity contribution in [3.05, 3.63) is 18.0 Å². The Kier molecular flexibility index (Phi) is 8.20. The molecule has 0 saturated heterocycles. The van der Waals surface area contributed by atoms with Crippen LogP contribution in [-0.4, -0.2) is 29.2 Å². The number of nitrogens with one attached hydrogen (secondary N) is 3. The Morgan fingerprint density at radius 1 is 1.41 bits per heavy atom. The first-order chi connectivity index (χ1) is 10.1. The lowest BCUT2D eigenvalue weighted by Gasteiger charge is -2.43. The van der Waals surface area contributed by atoms with E-state index in [9.17, 15) is 0 Å². The van der Waals surface area contributed by atoms with Crippen molar-refractivity contribution in [2.24, 2.45) is 16.3 Å². The maximum absolute atomic E-state index is 4.62. The van der Waals surface area contributed by atoms with Crippen LogP contribution >= 0.6 is 24.0 Å². The van der Waals surface area contributed by atoms with E-state index in [2.05, 4.69) is 46.6 Å². The van der Waals surface area contributed by atoms with E-state index in [1.54, 1.807) is 6.20 Å². The standard InChI is InChI=1S/C16H29N5.HI/c1-4-17-15(18-11-14-6-9-20-21-14)19-12-16(7-5-8-16)10-13(2)3;/h6,9,13H,4-5,7-8,10-12H2,1-3H3,(H,20,21)(H2,17,18,19);1H. The molecule has 0 radical (unpaired) electrons. The minimum atomic E-state index is 0. The van der Waals surface area contributed by atoms with E-state index < -0.39 is 0 Å². The van der Waals surface area contributed by atoms with E-state index in [0.29, 0.717) is 12.0 Å². The minimum absolute atomic E-state index is 0. The van der Waals surface area contributed by atoms with Crippen LogP contribution in [0.5, 0.6) is 0 Å². The Labute approximate surface area is 151 Å². The lowest BCUT2D eigenvalue weighted by Crippen LogP contribution is -2.47. The first-order valence-corrected chi connectivity index (χ1v) is 8.14. The van der Waals surface area contributed by atoms with Crippen LogP contribution in [0.3, 0.4) is 0 Å². The van der Waals surface area contributed by atoms with Gasteiger partial charge in [0.25, 0.3) is 0 Å². The third-order valence-corrected chi connectivity index (χ3v) is 4.20. The zero-order chi connectivity index (χ0) is 15.1. The summed E-state index contributed by atoms with van der Waals surface area (Å²) in [6, 6.07) is 1.96. The van der Waals surface area contributed by atoms with E-state index in [-0.39, 0.29) is 24.0 Å². The molecule has 6 heteroatoms. The van der Waals surface area contributed by atoms with Crippen molar-refractivity contribution in [2.45, 2.75) is 53.0 Å². The SMILES string of the molecule is CCNC(=NCc1ccn[nH]1)NCC1(CC(C)C)CCC1.I. The maximum Gasteiger partial charge on any atom is 0.191 e. The minimum Gasteiger partial charge on any atom is -0.357 e. The molecule has 0 unspecified atom stereocenters. The van der Waals surface area contributed by atoms with Gasteiger partial charge in [-0.25, -0.2) is 4.99 Å². The second-order valence-electron chi connectivity index (χ2n) is 6.58. The molecule has 1 aliphatic carbocycles. The molecular formula is C16H30IN5. The fourth-order valence-electron chi connectivity index (χ4n) is 3.15. The van der Waals surface area contributed by atoms with Crippen molar-refractivity contribution in [1.82, 2.24) is 20.8 Å². The van der Waals surface area contributed by atoms with E-state index in [1.807, 2.05) is 6.07 Å². The highest BCUT2D eigenvalue weighted by Gasteiger charge is 2.37. The average Bonchev–Trinajstić information content (AvgIpc) is 2.91. The van der Waals surface area contributed by atoms with Gasteiger partial charge >= 0.3 is 0 Å². The highest BCUT2D eigenvalue weighted by atomic mass is 127. The van der Waals surface area contributed by atoms with Crippen molar-refractivity contribution in [2.75, 3.05) is 13.1 Å². The number of aromatic nitrogens is 2. The van der Waals surface area contributed by atoms with Crippen LogP contribution in [0.2, 0.25) is 0 Å². The smallest absolute Gasteiger partial charge is 0.191 e. The summed E-state index contributed by atoms with van der Waals surface area (Å²) in [5.74, 6) is 1.67. The number of guanidine groups is 1. The van der Waals surface area contributed by atoms with Gasteiger partial charge in [0.1, 0.15) is 0 Å². The van der Waals surface area contributed by atoms with Gasteiger partial charge in [-0.05, 0) is 43.6 Å². The summed E-state index contributed by atoms with van der Waals surface area (Å²) in [6.45, 7) is 9.27. The topological polar surface area (TPSA) is 65.1 Å². The molecule has 1 saturated carbocycles. The van der Waals surface area contributed by atoms with E-state index in [0.717, 1.165) is 30.7 Å². The van der Waals surface area contributed by atoms with Crippen LogP contribution in [0.15, 0.2) is 17.3 Å². The Bertz CT molecular complexity index is 437. The summed E-state index contributed by atoms with van der Waals surface area (Å²) in [6.07, 6.45) is 7.13. The highest BCUT2D eigenvalue weighted by molar-refractivity contribution is 14.0. The largest absolute Gasteiger partial charge is 0.357 e. The molecule has 22 heavy (non-hydrogen) atoms. The first-order valence-electron chi connectivity index (χ1n) is 8.14. The van der Waals surface area contributed by atoms with Crippen molar-refractivity contribution in [1.29, 1.82) is 0 Å². The molecule has 1 aliphatic rings. The summed E-state index contributed by atoms with van der Waals surface area (Å²) in [7, 11) is 0. The summed E-state index contributed by atoms with van der Waals surface area (Å²) in [4.78, 5) is 4.62. The number of aliphatic imine (C=N–C) groups is 1. The number of hydrogen-bond donors (Lipinski definition) is 3. The fourth-order valence-corrected chi connectivity index (χ4v) is 3.15. The van der Waals surface area contributed by atoms with Crippen molar-refractivity contribution < 1.29 is 0 Å². The van der Waals surface area contributed by atoms with Crippen molar-refractivity contribution in [3.63, 3.8) is 0 Å². The average molecular weight is 419 g/mol. The fraction of sp³-hybridized carbons (Fsp3) is 0.750. The molecule has 3 N–H and O–H groups in total. The van der Waals surface area contributed by atoms with Crippen LogP contribution in [0, 0.1) is 11.3 Å². The zero-order valence-corrected chi connectivity index (χ0v) is 16.3. The van der Waals surface area contributed by atoms with Crippen LogP contribution in [-0.2, 0) is 6.54 Å². The number of nitrogens with zero attached hydrogens (tertiary/aromatic N) is 2. The van der Waals surface area contributed by atoms with Crippen LogP contribution in [0.4, 0.5) is 0 Å². The van der Waals surface area contributed by atoms with Crippen LogP contribution < -0.4 is 10.6 Å². The summed E-state index contributed by atoms with van der Waals surface area (Å²) in [5, 5.41) is 13.8. The summed E-state index contributed by atoms with van der Waals surface area (Å²) < 4.78 is 0. The maximum atomic E-state index is 4.62. The second kappa shape index (κ2) is 9.37. The first kappa shape index (κ1) is 19.3. The van der Waals surface area contributed by atoms with E-state index >= 15 is 0 Å². The lowest BCUT2D eigenvalue weighted by atomic mass is 9.64. The molecule has 1 heterocycles. The quantitative estimate of drug-likeness (QED) is 0.361. The summed E-state index contributed by atoms with van der Waals surface area (Å²) in [5.41, 5.74) is 1.52. The third kappa shape index (κ3) is 5.78. The van der Waals surface area contributed by atoms with Gasteiger partial charge in [-0.1, -0.05) is 20.3 Å². The van der Waals surface area contributed by atoms with Gasteiger partial charge in [-0.15, -0.1) is 24.0 Å². The van der Waals surface area contributed by atoms with Gasteiger partial charge in [0.05, 0.1) is 12.2 Å². The van der Waals surface area contributed by atoms with Crippen LogP contribution in [0.1, 0.15) is 52.1 Å². The van der Waals surface area contributed by atoms with Crippen molar-refractivity contribution >= 4 is 29.9 Å². The number of rotatable bonds is 7. The van der Waals surface area contributed by atoms with Gasteiger partial charge in [0.15, 0.2) is 5.96 Å². The molecule has 5 nitrogen and oxygen atoms in total. The molecule has 0 aromatic carbocycles. The molecule has 1 aromatic heterocycles. The van der Waals surface area contributed by atoms with E-state index in [1.165, 1.54) is 25.7 Å². The van der Waals surface area contributed by atoms with Gasteiger partial charge in [0.2, 0.25) is 0 Å². The Morgan fingerprint density at radius 3 is 2.68 bits per heavy atom. The molecule has 0 amide bonds. The molecule has 0 aliphatic heterocycles. The molecule has 2 rings (SSSR count). The molecule has 0 bridgehead atoms. The van der Waals surface area contributed by atoms with Gasteiger partial charge in [0, 0.05) is 19.3 Å². The monoisotopic (exact) mass is 419 g/mol. The molecular weight excluding hydrogens is 389 g/mol. The number of hydrogen-bond acceptors (Lipinski definition) is 2. The molecule has 0 spiro atoms. The third-order valence-electron chi connectivity index (χ3n) is 4.20. The van der Waals surface area contributed by atoms with E-state index in [4.69, 9.17) is 0 Å². The molecule has 126 valence electrons. The van der Waals surface area contributed by atoms with Crippen LogP contribution in [0.25, 0.3) is 0 Å². The molecule has 1 fully saturated rings. The lowest BCUT2D eigenvalue weighted by molar-refractivity contribution is 0.104. The van der Waals surface area contributed by atoms with Crippen molar-refractivity contribution in [3.8, 4) is 0 Å². The summed E-state index contributed by atoms with van der Waals surface area (Å²) >= 11 is 0.